The maximum absolute atomic E-state index is 12.3. The van der Waals surface area contributed by atoms with Crippen LogP contribution >= 0.6 is 0 Å². The van der Waals surface area contributed by atoms with Crippen molar-refractivity contribution in [3.63, 3.8) is 0 Å². The average Bonchev–Trinajstić information content (AvgIpc) is 2.99. The van der Waals surface area contributed by atoms with Crippen LogP contribution in [-0.2, 0) is 0 Å². The van der Waals surface area contributed by atoms with E-state index < -0.39 is 0 Å². The minimum Gasteiger partial charge on any atom is -0.396 e. The van der Waals surface area contributed by atoms with Crippen molar-refractivity contribution in [1.82, 2.24) is 10.3 Å². The third kappa shape index (κ3) is 2.16. The summed E-state index contributed by atoms with van der Waals surface area (Å²) < 4.78 is 0. The number of fused-ring (bicyclic) bond motifs is 2. The van der Waals surface area contributed by atoms with Gasteiger partial charge in [-0.3, -0.25) is 9.59 Å². The molecular formula is C15H20N2O3. The lowest BCUT2D eigenvalue weighted by molar-refractivity contribution is 0.0860. The largest absolute Gasteiger partial charge is 0.396 e. The number of carbonyl (C=O) groups excluding carboxylic acids is 1. The lowest BCUT2D eigenvalue weighted by Gasteiger charge is -2.30. The number of aliphatic hydroxyl groups is 1. The first kappa shape index (κ1) is 13.4. The molecule has 0 spiro atoms. The molecule has 3 N–H and O–H groups in total. The number of amides is 1. The van der Waals surface area contributed by atoms with Crippen LogP contribution in [0.1, 0.15) is 35.3 Å². The molecule has 1 amide bonds. The molecule has 2 aliphatic carbocycles. The van der Waals surface area contributed by atoms with Gasteiger partial charge in [0.2, 0.25) is 0 Å². The second-order valence-electron chi connectivity index (χ2n) is 6.07. The number of aromatic nitrogens is 1. The monoisotopic (exact) mass is 276 g/mol. The van der Waals surface area contributed by atoms with Crippen LogP contribution in [0.4, 0.5) is 0 Å². The van der Waals surface area contributed by atoms with Crippen LogP contribution < -0.4 is 10.7 Å². The number of hydrogen-bond donors (Lipinski definition) is 3. The molecule has 5 heteroatoms. The molecule has 1 heterocycles. The van der Waals surface area contributed by atoms with Crippen molar-refractivity contribution >= 4 is 5.91 Å². The molecule has 4 atom stereocenters. The van der Waals surface area contributed by atoms with E-state index in [9.17, 15) is 14.7 Å². The molecule has 1 aromatic heterocycles. The molecule has 20 heavy (non-hydrogen) atoms. The molecule has 0 aromatic carbocycles. The Morgan fingerprint density at radius 2 is 2.20 bits per heavy atom. The zero-order valence-corrected chi connectivity index (χ0v) is 11.6. The van der Waals surface area contributed by atoms with Gasteiger partial charge in [-0.05, 0) is 38.0 Å². The quantitative estimate of drug-likeness (QED) is 0.764. The Labute approximate surface area is 117 Å². The third-order valence-corrected chi connectivity index (χ3v) is 4.90. The highest BCUT2D eigenvalue weighted by molar-refractivity contribution is 5.94. The Morgan fingerprint density at radius 1 is 1.45 bits per heavy atom. The van der Waals surface area contributed by atoms with E-state index in [4.69, 9.17) is 0 Å². The number of rotatable bonds is 3. The molecule has 3 rings (SSSR count). The van der Waals surface area contributed by atoms with E-state index in [1.165, 1.54) is 12.3 Å². The van der Waals surface area contributed by atoms with E-state index in [0.29, 0.717) is 11.8 Å². The first-order valence-electron chi connectivity index (χ1n) is 7.21. The van der Waals surface area contributed by atoms with E-state index in [-0.39, 0.29) is 35.5 Å². The predicted molar refractivity (Wildman–Crippen MR) is 74.5 cm³/mol. The highest BCUT2D eigenvalue weighted by atomic mass is 16.3. The number of pyridine rings is 1. The molecule has 5 nitrogen and oxygen atoms in total. The Hall–Kier alpha value is -1.62. The number of aryl methyl sites for hydroxylation is 1. The predicted octanol–water partition coefficient (Wildman–Crippen LogP) is 0.820. The first-order valence-corrected chi connectivity index (χ1v) is 7.21. The number of nitrogens with one attached hydrogen (secondary N) is 2. The summed E-state index contributed by atoms with van der Waals surface area (Å²) in [7, 11) is 0. The van der Waals surface area contributed by atoms with E-state index >= 15 is 0 Å². The highest BCUT2D eigenvalue weighted by Gasteiger charge is 2.47. The van der Waals surface area contributed by atoms with Gasteiger partial charge in [0.25, 0.3) is 5.91 Å². The smallest absolute Gasteiger partial charge is 0.256 e. The molecule has 2 fully saturated rings. The van der Waals surface area contributed by atoms with E-state index in [1.807, 2.05) is 0 Å². The Morgan fingerprint density at radius 3 is 2.90 bits per heavy atom. The summed E-state index contributed by atoms with van der Waals surface area (Å²) in [4.78, 5) is 27.0. The highest BCUT2D eigenvalue weighted by Crippen LogP contribution is 2.48. The van der Waals surface area contributed by atoms with Crippen molar-refractivity contribution in [2.75, 3.05) is 6.61 Å². The molecular weight excluding hydrogens is 256 g/mol. The van der Waals surface area contributed by atoms with Crippen molar-refractivity contribution in [2.24, 2.45) is 17.8 Å². The van der Waals surface area contributed by atoms with Gasteiger partial charge in [-0.2, -0.15) is 0 Å². The molecule has 0 radical (unpaired) electrons. The Bertz CT molecular complexity index is 581. The Kier molecular flexibility index (Phi) is 3.38. The summed E-state index contributed by atoms with van der Waals surface area (Å²) in [6, 6.07) is 1.44. The summed E-state index contributed by atoms with van der Waals surface area (Å²) in [5.41, 5.74) is 0.622. The van der Waals surface area contributed by atoms with Gasteiger partial charge >= 0.3 is 0 Å². The summed E-state index contributed by atoms with van der Waals surface area (Å²) in [6.45, 7) is 1.89. The fourth-order valence-corrected chi connectivity index (χ4v) is 3.88. The van der Waals surface area contributed by atoms with Crippen molar-refractivity contribution in [2.45, 2.75) is 32.2 Å². The fourth-order valence-electron chi connectivity index (χ4n) is 3.88. The van der Waals surface area contributed by atoms with Gasteiger partial charge in [0.1, 0.15) is 5.56 Å². The fraction of sp³-hybridized carbons (Fsp3) is 0.600. The van der Waals surface area contributed by atoms with Crippen molar-refractivity contribution in [3.8, 4) is 0 Å². The van der Waals surface area contributed by atoms with Crippen LogP contribution in [0.15, 0.2) is 17.1 Å². The van der Waals surface area contributed by atoms with Gasteiger partial charge in [0.05, 0.1) is 0 Å². The number of hydrogen-bond acceptors (Lipinski definition) is 3. The van der Waals surface area contributed by atoms with Gasteiger partial charge in [-0.15, -0.1) is 0 Å². The Balaban J connectivity index is 1.77. The zero-order valence-electron chi connectivity index (χ0n) is 11.6. The van der Waals surface area contributed by atoms with E-state index in [2.05, 4.69) is 10.3 Å². The normalized spacial score (nSPS) is 31.5. The van der Waals surface area contributed by atoms with Crippen molar-refractivity contribution in [3.05, 3.63) is 33.7 Å². The summed E-state index contributed by atoms with van der Waals surface area (Å²) in [5.74, 6) is 0.779. The second-order valence-corrected chi connectivity index (χ2v) is 6.07. The molecule has 108 valence electrons. The number of carbonyl (C=O) groups is 1. The van der Waals surface area contributed by atoms with Crippen molar-refractivity contribution < 1.29 is 9.90 Å². The van der Waals surface area contributed by atoms with Gasteiger partial charge in [0.15, 0.2) is 5.43 Å². The molecule has 4 unspecified atom stereocenters. The lowest BCUT2D eigenvalue weighted by atomic mass is 9.85. The molecule has 0 saturated heterocycles. The maximum atomic E-state index is 12.3. The van der Waals surface area contributed by atoms with Crippen LogP contribution in [0.2, 0.25) is 0 Å². The number of H-pyrrole nitrogens is 1. The van der Waals surface area contributed by atoms with Gasteiger partial charge < -0.3 is 15.4 Å². The lowest BCUT2D eigenvalue weighted by Crippen LogP contribution is -2.46. The van der Waals surface area contributed by atoms with Crippen LogP contribution in [0.3, 0.4) is 0 Å². The van der Waals surface area contributed by atoms with E-state index in [1.54, 1.807) is 6.92 Å². The second kappa shape index (κ2) is 5.05. The standard InChI is InChI=1S/C15H20N2O3/c1-8-4-13(19)11(6-16-8)15(20)17-14-10-3-2-9(5-10)12(14)7-18/h4,6,9-10,12,14,18H,2-3,5,7H2,1H3,(H,16,19)(H,17,20). The first-order chi connectivity index (χ1) is 9.60. The van der Waals surface area contributed by atoms with Gasteiger partial charge in [-0.25, -0.2) is 0 Å². The SMILES string of the molecule is Cc1cc(=O)c(C(=O)NC2C3CCC(C3)C2CO)c[nH]1. The zero-order chi connectivity index (χ0) is 14.3. The average molecular weight is 276 g/mol. The summed E-state index contributed by atoms with van der Waals surface area (Å²) >= 11 is 0. The third-order valence-electron chi connectivity index (χ3n) is 4.90. The van der Waals surface area contributed by atoms with Gasteiger partial charge in [-0.1, -0.05) is 0 Å². The molecule has 0 aliphatic heterocycles. The van der Waals surface area contributed by atoms with Gasteiger partial charge in [0, 0.05) is 36.5 Å². The minimum absolute atomic E-state index is 0.00644. The van der Waals surface area contributed by atoms with Crippen LogP contribution in [0.5, 0.6) is 0 Å². The molecule has 1 aromatic rings. The summed E-state index contributed by atoms with van der Waals surface area (Å²) in [5, 5.41) is 12.5. The van der Waals surface area contributed by atoms with Crippen LogP contribution in [-0.4, -0.2) is 28.6 Å². The molecule has 2 aliphatic rings. The van der Waals surface area contributed by atoms with Crippen LogP contribution in [0, 0.1) is 24.7 Å². The maximum Gasteiger partial charge on any atom is 0.256 e. The molecule has 2 bridgehead atoms. The van der Waals surface area contributed by atoms with Crippen LogP contribution in [0.25, 0.3) is 0 Å². The topological polar surface area (TPSA) is 82.2 Å². The number of aromatic amines is 1. The summed E-state index contributed by atoms with van der Waals surface area (Å²) in [6.07, 6.45) is 4.80. The van der Waals surface area contributed by atoms with Crippen molar-refractivity contribution in [1.29, 1.82) is 0 Å². The number of aliphatic hydroxyl groups excluding tert-OH is 1. The molecule has 2 saturated carbocycles. The minimum atomic E-state index is -0.331. The van der Waals surface area contributed by atoms with E-state index in [0.717, 1.165) is 25.0 Å².